The highest BCUT2D eigenvalue weighted by molar-refractivity contribution is 5.91. The first-order chi connectivity index (χ1) is 12.0. The highest BCUT2D eigenvalue weighted by Gasteiger charge is 2.29. The van der Waals surface area contributed by atoms with Crippen LogP contribution in [0.1, 0.15) is 43.0 Å². The van der Waals surface area contributed by atoms with Crippen LogP contribution in [-0.4, -0.2) is 69.4 Å². The molecule has 0 unspecified atom stereocenters. The number of esters is 1. The van der Waals surface area contributed by atoms with Crippen molar-refractivity contribution in [3.8, 4) is 0 Å². The topological polar surface area (TPSA) is 84.7 Å². The third-order valence-corrected chi connectivity index (χ3v) is 4.85. The quantitative estimate of drug-likeness (QED) is 0.741. The maximum absolute atomic E-state index is 12.5. The Kier molecular flexibility index (Phi) is 5.06. The second-order valence-corrected chi connectivity index (χ2v) is 6.55. The molecule has 1 saturated heterocycles. The van der Waals surface area contributed by atoms with Gasteiger partial charge in [-0.05, 0) is 19.8 Å². The Balaban J connectivity index is 1.57. The van der Waals surface area contributed by atoms with Crippen LogP contribution < -0.4 is 0 Å². The maximum Gasteiger partial charge on any atom is 0.357 e. The van der Waals surface area contributed by atoms with Crippen molar-refractivity contribution in [1.82, 2.24) is 19.4 Å². The number of aromatic nitrogens is 2. The minimum Gasteiger partial charge on any atom is -0.448 e. The highest BCUT2D eigenvalue weighted by atomic mass is 16.5. The number of aryl methyl sites for hydroxylation is 1. The number of hydrogen-bond acceptors (Lipinski definition) is 5. The summed E-state index contributed by atoms with van der Waals surface area (Å²) >= 11 is 0. The fourth-order valence-corrected chi connectivity index (χ4v) is 3.35. The first-order valence-electron chi connectivity index (χ1n) is 8.77. The van der Waals surface area contributed by atoms with E-state index in [-0.39, 0.29) is 11.8 Å². The molecule has 2 aliphatic rings. The molecule has 1 aromatic heterocycles. The maximum atomic E-state index is 12.5. The molecule has 0 aliphatic carbocycles. The van der Waals surface area contributed by atoms with Crippen LogP contribution in [0, 0.1) is 0 Å². The van der Waals surface area contributed by atoms with Gasteiger partial charge in [0.2, 0.25) is 5.91 Å². The molecule has 0 N–H and O–H groups in total. The van der Waals surface area contributed by atoms with Crippen molar-refractivity contribution < 1.29 is 19.1 Å². The number of nitrogens with zero attached hydrogens (tertiary/aromatic N) is 4. The third kappa shape index (κ3) is 3.67. The first kappa shape index (κ1) is 17.4. The second kappa shape index (κ2) is 7.25. The average molecular weight is 348 g/mol. The van der Waals surface area contributed by atoms with E-state index in [1.165, 1.54) is 13.1 Å². The molecule has 136 valence electrons. The van der Waals surface area contributed by atoms with Gasteiger partial charge in [-0.15, -0.1) is 0 Å². The molecule has 0 bridgehead atoms. The van der Waals surface area contributed by atoms with Crippen molar-refractivity contribution in [2.45, 2.75) is 45.8 Å². The number of carbonyl (C=O) groups excluding carboxylic acids is 3. The molecular weight excluding hydrogens is 324 g/mol. The molecule has 0 aromatic carbocycles. The van der Waals surface area contributed by atoms with Crippen LogP contribution >= 0.6 is 0 Å². The van der Waals surface area contributed by atoms with Crippen molar-refractivity contribution in [1.29, 1.82) is 0 Å². The van der Waals surface area contributed by atoms with Crippen molar-refractivity contribution in [3.05, 3.63) is 17.7 Å². The van der Waals surface area contributed by atoms with Gasteiger partial charge < -0.3 is 19.1 Å². The Morgan fingerprint density at radius 3 is 2.44 bits per heavy atom. The van der Waals surface area contributed by atoms with E-state index in [0.29, 0.717) is 31.9 Å². The molecule has 2 aliphatic heterocycles. The van der Waals surface area contributed by atoms with Crippen molar-refractivity contribution in [2.75, 3.05) is 26.2 Å². The normalized spacial score (nSPS) is 18.5. The van der Waals surface area contributed by atoms with Gasteiger partial charge in [0, 0.05) is 46.1 Å². The Morgan fingerprint density at radius 1 is 1.08 bits per heavy atom. The fraction of sp³-hybridized carbons (Fsp3) is 0.647. The van der Waals surface area contributed by atoms with E-state index in [4.69, 9.17) is 4.74 Å². The SMILES string of the molecule is CC(=O)N1CCN(C(=O)[C@H](C)OC(=O)c2cnc3n2CCCC3)CC1. The van der Waals surface area contributed by atoms with E-state index < -0.39 is 12.1 Å². The molecule has 3 heterocycles. The van der Waals surface area contributed by atoms with Gasteiger partial charge >= 0.3 is 5.97 Å². The minimum atomic E-state index is -0.855. The van der Waals surface area contributed by atoms with E-state index >= 15 is 0 Å². The number of amides is 2. The predicted octanol–water partition coefficient (Wildman–Crippen LogP) is 0.455. The first-order valence-corrected chi connectivity index (χ1v) is 8.77. The lowest BCUT2D eigenvalue weighted by molar-refractivity contribution is -0.144. The van der Waals surface area contributed by atoms with E-state index in [1.54, 1.807) is 16.7 Å². The predicted molar refractivity (Wildman–Crippen MR) is 88.9 cm³/mol. The molecule has 25 heavy (non-hydrogen) atoms. The lowest BCUT2D eigenvalue weighted by Gasteiger charge is -2.35. The van der Waals surface area contributed by atoms with Gasteiger partial charge in [-0.3, -0.25) is 9.59 Å². The summed E-state index contributed by atoms with van der Waals surface area (Å²) in [5, 5.41) is 0. The van der Waals surface area contributed by atoms with Crippen LogP contribution in [0.4, 0.5) is 0 Å². The van der Waals surface area contributed by atoms with Crippen LogP contribution in [0.3, 0.4) is 0 Å². The number of rotatable bonds is 3. The smallest absolute Gasteiger partial charge is 0.357 e. The van der Waals surface area contributed by atoms with Crippen LogP contribution in [0.25, 0.3) is 0 Å². The molecule has 3 rings (SSSR count). The van der Waals surface area contributed by atoms with Gasteiger partial charge in [-0.1, -0.05) is 0 Å². The van der Waals surface area contributed by atoms with Crippen LogP contribution in [0.2, 0.25) is 0 Å². The molecular formula is C17H24N4O4. The Hall–Kier alpha value is -2.38. The zero-order valence-corrected chi connectivity index (χ0v) is 14.7. The summed E-state index contributed by atoms with van der Waals surface area (Å²) in [7, 11) is 0. The molecule has 1 aromatic rings. The number of imidazole rings is 1. The monoisotopic (exact) mass is 348 g/mol. The zero-order chi connectivity index (χ0) is 18.0. The molecule has 2 amide bonds. The summed E-state index contributed by atoms with van der Waals surface area (Å²) in [4.78, 5) is 43.9. The fourth-order valence-electron chi connectivity index (χ4n) is 3.35. The number of hydrogen-bond donors (Lipinski definition) is 0. The van der Waals surface area contributed by atoms with Crippen molar-refractivity contribution in [3.63, 3.8) is 0 Å². The number of fused-ring (bicyclic) bond motifs is 1. The molecule has 8 heteroatoms. The largest absolute Gasteiger partial charge is 0.448 e. The standard InChI is InChI=1S/C17H24N4O4/c1-12(16(23)20-9-7-19(8-10-20)13(2)22)25-17(24)14-11-18-15-5-3-4-6-21(14)15/h11-12H,3-10H2,1-2H3/t12-/m0/s1. The minimum absolute atomic E-state index is 0.0112. The van der Waals surface area contributed by atoms with Gasteiger partial charge in [0.25, 0.3) is 5.91 Å². The van der Waals surface area contributed by atoms with E-state index in [2.05, 4.69) is 4.98 Å². The third-order valence-electron chi connectivity index (χ3n) is 4.85. The molecule has 8 nitrogen and oxygen atoms in total. The molecule has 0 spiro atoms. The summed E-state index contributed by atoms with van der Waals surface area (Å²) < 4.78 is 7.26. The average Bonchev–Trinajstić information content (AvgIpc) is 3.05. The van der Waals surface area contributed by atoms with Crippen LogP contribution in [0.15, 0.2) is 6.20 Å². The Labute approximate surface area is 146 Å². The van der Waals surface area contributed by atoms with Gasteiger partial charge in [-0.25, -0.2) is 9.78 Å². The Bertz CT molecular complexity index is 676. The molecule has 0 radical (unpaired) electrons. The summed E-state index contributed by atoms with van der Waals surface area (Å²) in [6, 6.07) is 0. The van der Waals surface area contributed by atoms with Gasteiger partial charge in [0.15, 0.2) is 6.10 Å². The van der Waals surface area contributed by atoms with Crippen molar-refractivity contribution in [2.24, 2.45) is 0 Å². The van der Waals surface area contributed by atoms with Crippen LogP contribution in [0.5, 0.6) is 0 Å². The van der Waals surface area contributed by atoms with Crippen LogP contribution in [-0.2, 0) is 27.3 Å². The summed E-state index contributed by atoms with van der Waals surface area (Å²) in [6.45, 7) is 5.81. The zero-order valence-electron chi connectivity index (χ0n) is 14.7. The number of ether oxygens (including phenoxy) is 1. The molecule has 0 saturated carbocycles. The van der Waals surface area contributed by atoms with E-state index in [9.17, 15) is 14.4 Å². The van der Waals surface area contributed by atoms with Gasteiger partial charge in [0.05, 0.1) is 6.20 Å². The molecule has 1 atom stereocenters. The van der Waals surface area contributed by atoms with Crippen molar-refractivity contribution >= 4 is 17.8 Å². The number of piperazine rings is 1. The summed E-state index contributed by atoms with van der Waals surface area (Å²) in [5.41, 5.74) is 0.413. The lowest BCUT2D eigenvalue weighted by atomic mass is 10.1. The van der Waals surface area contributed by atoms with Gasteiger partial charge in [0.1, 0.15) is 11.5 Å². The number of carbonyl (C=O) groups is 3. The van der Waals surface area contributed by atoms with Gasteiger partial charge in [-0.2, -0.15) is 0 Å². The lowest BCUT2D eigenvalue weighted by Crippen LogP contribution is -2.52. The van der Waals surface area contributed by atoms with E-state index in [0.717, 1.165) is 31.6 Å². The summed E-state index contributed by atoms with van der Waals surface area (Å²) in [5.74, 6) is 0.174. The second-order valence-electron chi connectivity index (χ2n) is 6.55. The Morgan fingerprint density at radius 2 is 1.76 bits per heavy atom. The highest BCUT2D eigenvalue weighted by Crippen LogP contribution is 2.17. The molecule has 1 fully saturated rings. The summed E-state index contributed by atoms with van der Waals surface area (Å²) in [6.07, 6.45) is 3.63. The van der Waals surface area contributed by atoms with E-state index in [1.807, 2.05) is 4.57 Å².